The van der Waals surface area contributed by atoms with Gasteiger partial charge in [0, 0.05) is 13.1 Å². The van der Waals surface area contributed by atoms with Crippen LogP contribution in [0.3, 0.4) is 0 Å². The van der Waals surface area contributed by atoms with Gasteiger partial charge in [-0.15, -0.1) is 11.3 Å². The fourth-order valence-electron chi connectivity index (χ4n) is 2.18. The van der Waals surface area contributed by atoms with E-state index in [0.717, 1.165) is 37.3 Å². The van der Waals surface area contributed by atoms with E-state index in [1.165, 1.54) is 22.8 Å². The highest BCUT2D eigenvalue weighted by atomic mass is 32.2. The molecule has 0 spiro atoms. The Morgan fingerprint density at radius 2 is 2.11 bits per heavy atom. The maximum absolute atomic E-state index is 12.5. The highest BCUT2D eigenvalue weighted by Crippen LogP contribution is 2.27. The van der Waals surface area contributed by atoms with Crippen molar-refractivity contribution in [3.05, 3.63) is 16.3 Å². The molecule has 1 aromatic rings. The van der Waals surface area contributed by atoms with Gasteiger partial charge in [-0.25, -0.2) is 13.2 Å². The Hall–Kier alpha value is -0.960. The highest BCUT2D eigenvalue weighted by molar-refractivity contribution is 7.89. The summed E-state index contributed by atoms with van der Waals surface area (Å²) in [4.78, 5) is 10.8. The molecule has 1 saturated heterocycles. The third-order valence-electron chi connectivity index (χ3n) is 3.30. The van der Waals surface area contributed by atoms with Gasteiger partial charge in [0.05, 0.1) is 0 Å². The molecule has 0 bridgehead atoms. The normalized spacial score (nSPS) is 17.8. The monoisotopic (exact) mass is 304 g/mol. The lowest BCUT2D eigenvalue weighted by Gasteiger charge is -2.30. The van der Waals surface area contributed by atoms with E-state index in [1.807, 2.05) is 0 Å². The molecule has 8 heteroatoms. The van der Waals surface area contributed by atoms with Crippen molar-refractivity contribution >= 4 is 27.3 Å². The lowest BCUT2D eigenvalue weighted by atomic mass is 10.1. The number of hydrogen-bond donors (Lipinski definition) is 2. The number of nitrogens with zero attached hydrogens (tertiary/aromatic N) is 1. The topological polar surface area (TPSA) is 86.7 Å². The highest BCUT2D eigenvalue weighted by Gasteiger charge is 2.32. The first-order valence-electron chi connectivity index (χ1n) is 5.94. The van der Waals surface area contributed by atoms with E-state index >= 15 is 0 Å². The molecule has 1 aliphatic rings. The van der Waals surface area contributed by atoms with Gasteiger partial charge in [-0.3, -0.25) is 0 Å². The van der Waals surface area contributed by atoms with Crippen LogP contribution in [0.15, 0.2) is 16.3 Å². The van der Waals surface area contributed by atoms with Crippen LogP contribution < -0.4 is 5.32 Å². The lowest BCUT2D eigenvalue weighted by molar-refractivity contribution is 0.0698. The predicted molar refractivity (Wildman–Crippen MR) is 72.1 cm³/mol. The number of aromatic carboxylic acids is 1. The summed E-state index contributed by atoms with van der Waals surface area (Å²) in [5, 5.41) is 13.7. The molecular formula is C11H16N2O4S2. The van der Waals surface area contributed by atoms with Crippen LogP contribution >= 0.6 is 11.3 Å². The van der Waals surface area contributed by atoms with Gasteiger partial charge in [0.15, 0.2) is 0 Å². The molecular weight excluding hydrogens is 288 g/mol. The van der Waals surface area contributed by atoms with Gasteiger partial charge in [-0.1, -0.05) is 0 Å². The first-order chi connectivity index (χ1) is 8.94. The molecule has 1 fully saturated rings. The summed E-state index contributed by atoms with van der Waals surface area (Å²) in [5.41, 5.74) is 0. The van der Waals surface area contributed by atoms with E-state index in [2.05, 4.69) is 5.32 Å². The number of rotatable bonds is 4. The lowest BCUT2D eigenvalue weighted by Crippen LogP contribution is -2.44. The van der Waals surface area contributed by atoms with Gasteiger partial charge in [0.1, 0.15) is 9.77 Å². The zero-order valence-corrected chi connectivity index (χ0v) is 12.1. The second-order valence-corrected chi connectivity index (χ2v) is 7.30. The van der Waals surface area contributed by atoms with E-state index in [0.29, 0.717) is 0 Å². The summed E-state index contributed by atoms with van der Waals surface area (Å²) < 4.78 is 26.2. The fourth-order valence-corrected chi connectivity index (χ4v) is 4.83. The number of carboxylic acid groups (broad SMARTS) is 1. The van der Waals surface area contributed by atoms with Crippen LogP contribution in [0.4, 0.5) is 0 Å². The molecule has 1 aliphatic heterocycles. The Morgan fingerprint density at radius 3 is 2.68 bits per heavy atom. The molecule has 0 aromatic carbocycles. The van der Waals surface area contributed by atoms with E-state index in [-0.39, 0.29) is 15.8 Å². The molecule has 2 N–H and O–H groups in total. The average molecular weight is 304 g/mol. The van der Waals surface area contributed by atoms with Crippen molar-refractivity contribution < 1.29 is 18.3 Å². The maximum atomic E-state index is 12.5. The van der Waals surface area contributed by atoms with Gasteiger partial charge in [0.2, 0.25) is 10.0 Å². The van der Waals surface area contributed by atoms with E-state index < -0.39 is 16.0 Å². The van der Waals surface area contributed by atoms with Crippen molar-refractivity contribution in [3.8, 4) is 0 Å². The quantitative estimate of drug-likeness (QED) is 0.860. The number of sulfonamides is 1. The number of carboxylic acids is 1. The molecule has 106 valence electrons. The zero-order valence-electron chi connectivity index (χ0n) is 10.5. The van der Waals surface area contributed by atoms with Crippen molar-refractivity contribution in [2.75, 3.05) is 20.1 Å². The summed E-state index contributed by atoms with van der Waals surface area (Å²) in [6, 6.07) is 1.29. The summed E-state index contributed by atoms with van der Waals surface area (Å²) in [7, 11) is -2.21. The first-order valence-corrected chi connectivity index (χ1v) is 8.26. The largest absolute Gasteiger partial charge is 0.477 e. The molecule has 0 aliphatic carbocycles. The number of thiophene rings is 1. The Bertz CT molecular complexity index is 561. The third kappa shape index (κ3) is 2.81. The molecule has 19 heavy (non-hydrogen) atoms. The molecule has 0 radical (unpaired) electrons. The molecule has 2 rings (SSSR count). The Morgan fingerprint density at radius 1 is 1.47 bits per heavy atom. The number of piperidine rings is 1. The number of hydrogen-bond acceptors (Lipinski definition) is 5. The van der Waals surface area contributed by atoms with Gasteiger partial charge in [-0.05, 0) is 37.4 Å². The molecule has 0 unspecified atom stereocenters. The maximum Gasteiger partial charge on any atom is 0.347 e. The third-order valence-corrected chi connectivity index (χ3v) is 6.29. The van der Waals surface area contributed by atoms with Gasteiger partial charge in [0.25, 0.3) is 0 Å². The summed E-state index contributed by atoms with van der Waals surface area (Å²) >= 11 is 0.931. The van der Waals surface area contributed by atoms with Gasteiger partial charge >= 0.3 is 5.97 Å². The Kier molecular flexibility index (Phi) is 4.24. The SMILES string of the molecule is CN(C1CCNCC1)S(=O)(=O)c1ccsc1C(=O)O. The van der Waals surface area contributed by atoms with Crippen LogP contribution in [0.1, 0.15) is 22.5 Å². The Labute approximate surface area is 116 Å². The minimum atomic E-state index is -3.74. The van der Waals surface area contributed by atoms with E-state index in [1.54, 1.807) is 0 Å². The van der Waals surface area contributed by atoms with Crippen LogP contribution in [0, 0.1) is 0 Å². The van der Waals surface area contributed by atoms with Crippen LogP contribution in [0.2, 0.25) is 0 Å². The van der Waals surface area contributed by atoms with Gasteiger partial charge < -0.3 is 10.4 Å². The zero-order chi connectivity index (χ0) is 14.0. The Balaban J connectivity index is 2.30. The van der Waals surface area contributed by atoms with Crippen LogP contribution in [-0.2, 0) is 10.0 Å². The number of carbonyl (C=O) groups is 1. The molecule has 1 aromatic heterocycles. The predicted octanol–water partition coefficient (Wildman–Crippen LogP) is 0.819. The van der Waals surface area contributed by atoms with E-state index in [9.17, 15) is 13.2 Å². The van der Waals surface area contributed by atoms with Crippen LogP contribution in [-0.4, -0.2) is 50.0 Å². The molecule has 0 amide bonds. The fraction of sp³-hybridized carbons (Fsp3) is 0.545. The van der Waals surface area contributed by atoms with Crippen molar-refractivity contribution in [2.45, 2.75) is 23.8 Å². The molecule has 6 nitrogen and oxygen atoms in total. The summed E-state index contributed by atoms with van der Waals surface area (Å²) in [6.07, 6.45) is 1.48. The average Bonchev–Trinajstić information content (AvgIpc) is 2.89. The molecule has 0 atom stereocenters. The smallest absolute Gasteiger partial charge is 0.347 e. The van der Waals surface area contributed by atoms with Crippen LogP contribution in [0.5, 0.6) is 0 Å². The summed E-state index contributed by atoms with van der Waals surface area (Å²) in [5.74, 6) is -1.20. The summed E-state index contributed by atoms with van der Waals surface area (Å²) in [6.45, 7) is 1.56. The second-order valence-electron chi connectivity index (χ2n) is 4.42. The van der Waals surface area contributed by atoms with Crippen molar-refractivity contribution in [2.24, 2.45) is 0 Å². The van der Waals surface area contributed by atoms with E-state index in [4.69, 9.17) is 5.11 Å². The van der Waals surface area contributed by atoms with Crippen molar-refractivity contribution in [1.82, 2.24) is 9.62 Å². The molecule has 2 heterocycles. The van der Waals surface area contributed by atoms with Crippen molar-refractivity contribution in [3.63, 3.8) is 0 Å². The number of nitrogens with one attached hydrogen (secondary N) is 1. The minimum absolute atomic E-state index is 0.0761. The van der Waals surface area contributed by atoms with Crippen LogP contribution in [0.25, 0.3) is 0 Å². The second kappa shape index (κ2) is 5.58. The molecule has 0 saturated carbocycles. The minimum Gasteiger partial charge on any atom is -0.477 e. The van der Waals surface area contributed by atoms with Gasteiger partial charge in [-0.2, -0.15) is 4.31 Å². The first kappa shape index (κ1) is 14.4. The van der Waals surface area contributed by atoms with Crippen molar-refractivity contribution in [1.29, 1.82) is 0 Å². The standard InChI is InChI=1S/C11H16N2O4S2/c1-13(8-2-5-12-6-3-8)19(16,17)9-4-7-18-10(9)11(14)15/h4,7-8,12H,2-3,5-6H2,1H3,(H,14,15).